The summed E-state index contributed by atoms with van der Waals surface area (Å²) in [6.07, 6.45) is 2.06. The molecule has 0 saturated heterocycles. The lowest BCUT2D eigenvalue weighted by Gasteiger charge is -2.19. The molecule has 1 aromatic rings. The molecule has 0 fully saturated rings. The second kappa shape index (κ2) is 6.23. The third-order valence-electron chi connectivity index (χ3n) is 2.17. The third kappa shape index (κ3) is 3.92. The van der Waals surface area contributed by atoms with Crippen molar-refractivity contribution in [3.05, 3.63) is 29.6 Å². The van der Waals surface area contributed by atoms with Crippen molar-refractivity contribution in [1.29, 1.82) is 0 Å². The standard InChI is InChI=1S/C11H15ClFNS/c1-14(3-4-15-2)11-6-9(8-12)5-10(13)7-11/h5-7H,3-4,8H2,1-2H3. The first kappa shape index (κ1) is 12.7. The van der Waals surface area contributed by atoms with Crippen molar-refractivity contribution >= 4 is 29.1 Å². The lowest BCUT2D eigenvalue weighted by atomic mass is 10.2. The van der Waals surface area contributed by atoms with Gasteiger partial charge in [0.1, 0.15) is 5.82 Å². The van der Waals surface area contributed by atoms with Gasteiger partial charge in [0.05, 0.1) is 0 Å². The molecule has 0 aliphatic carbocycles. The van der Waals surface area contributed by atoms with Crippen molar-refractivity contribution in [3.8, 4) is 0 Å². The minimum atomic E-state index is -0.223. The predicted octanol–water partition coefficient (Wildman–Crippen LogP) is 3.36. The van der Waals surface area contributed by atoms with Gasteiger partial charge >= 0.3 is 0 Å². The van der Waals surface area contributed by atoms with E-state index in [0.29, 0.717) is 5.88 Å². The monoisotopic (exact) mass is 247 g/mol. The quantitative estimate of drug-likeness (QED) is 0.734. The molecule has 0 spiro atoms. The number of nitrogens with zero attached hydrogens (tertiary/aromatic N) is 1. The van der Waals surface area contributed by atoms with Gasteiger partial charge in [0.2, 0.25) is 0 Å². The van der Waals surface area contributed by atoms with E-state index >= 15 is 0 Å². The van der Waals surface area contributed by atoms with Gasteiger partial charge in [0.15, 0.2) is 0 Å². The molecule has 0 amide bonds. The van der Waals surface area contributed by atoms with Crippen LogP contribution in [0.1, 0.15) is 5.56 Å². The summed E-state index contributed by atoms with van der Waals surface area (Å²) in [4.78, 5) is 2.04. The van der Waals surface area contributed by atoms with E-state index in [1.807, 2.05) is 18.0 Å². The Labute approximate surface area is 99.6 Å². The van der Waals surface area contributed by atoms with Crippen LogP contribution in [0.4, 0.5) is 10.1 Å². The van der Waals surface area contributed by atoms with Crippen molar-refractivity contribution in [2.75, 3.05) is 30.5 Å². The molecule has 0 unspecified atom stereocenters. The number of anilines is 1. The molecule has 15 heavy (non-hydrogen) atoms. The molecule has 84 valence electrons. The normalized spacial score (nSPS) is 10.4. The Hall–Kier alpha value is -0.410. The highest BCUT2D eigenvalue weighted by Crippen LogP contribution is 2.19. The van der Waals surface area contributed by atoms with Crippen LogP contribution in [0, 0.1) is 5.82 Å². The van der Waals surface area contributed by atoms with Gasteiger partial charge in [-0.1, -0.05) is 0 Å². The average molecular weight is 248 g/mol. The minimum Gasteiger partial charge on any atom is -0.374 e. The minimum absolute atomic E-state index is 0.223. The van der Waals surface area contributed by atoms with Crippen molar-refractivity contribution < 1.29 is 4.39 Å². The number of hydrogen-bond acceptors (Lipinski definition) is 2. The van der Waals surface area contributed by atoms with Crippen LogP contribution in [0.5, 0.6) is 0 Å². The van der Waals surface area contributed by atoms with Crippen LogP contribution in [0.3, 0.4) is 0 Å². The fourth-order valence-corrected chi connectivity index (χ4v) is 1.90. The summed E-state index contributed by atoms with van der Waals surface area (Å²) in [6.45, 7) is 0.909. The van der Waals surface area contributed by atoms with Gasteiger partial charge < -0.3 is 4.90 Å². The number of alkyl halides is 1. The molecule has 0 aliphatic rings. The van der Waals surface area contributed by atoms with E-state index in [-0.39, 0.29) is 5.82 Å². The molecule has 0 aliphatic heterocycles. The van der Waals surface area contributed by atoms with Gasteiger partial charge in [-0.05, 0) is 30.0 Å². The van der Waals surface area contributed by atoms with E-state index in [1.54, 1.807) is 11.8 Å². The molecule has 0 bridgehead atoms. The lowest BCUT2D eigenvalue weighted by Crippen LogP contribution is -2.20. The summed E-state index contributed by atoms with van der Waals surface area (Å²) >= 11 is 7.47. The lowest BCUT2D eigenvalue weighted by molar-refractivity contribution is 0.626. The summed E-state index contributed by atoms with van der Waals surface area (Å²) in [5.41, 5.74) is 1.71. The molecular formula is C11H15ClFNS. The van der Waals surface area contributed by atoms with E-state index in [2.05, 4.69) is 6.26 Å². The third-order valence-corrected chi connectivity index (χ3v) is 3.07. The molecule has 0 heterocycles. The molecule has 1 nitrogen and oxygen atoms in total. The van der Waals surface area contributed by atoms with Crippen LogP contribution in [0.25, 0.3) is 0 Å². The van der Waals surface area contributed by atoms with Gasteiger partial charge in [-0.2, -0.15) is 11.8 Å². The topological polar surface area (TPSA) is 3.24 Å². The van der Waals surface area contributed by atoms with Gasteiger partial charge in [0, 0.05) is 30.9 Å². The molecule has 0 atom stereocenters. The zero-order chi connectivity index (χ0) is 11.3. The summed E-state index contributed by atoms with van der Waals surface area (Å²) in [5, 5.41) is 0. The highest BCUT2D eigenvalue weighted by Gasteiger charge is 2.04. The zero-order valence-corrected chi connectivity index (χ0v) is 10.5. The molecule has 0 aromatic heterocycles. The maximum absolute atomic E-state index is 13.2. The van der Waals surface area contributed by atoms with E-state index in [0.717, 1.165) is 23.5 Å². The van der Waals surface area contributed by atoms with Crippen molar-refractivity contribution in [3.63, 3.8) is 0 Å². The maximum Gasteiger partial charge on any atom is 0.125 e. The Morgan fingerprint density at radius 2 is 2.13 bits per heavy atom. The van der Waals surface area contributed by atoms with Gasteiger partial charge in [-0.3, -0.25) is 0 Å². The van der Waals surface area contributed by atoms with E-state index in [4.69, 9.17) is 11.6 Å². The largest absolute Gasteiger partial charge is 0.374 e. The fourth-order valence-electron chi connectivity index (χ4n) is 1.29. The Bertz CT molecular complexity index is 319. The Morgan fingerprint density at radius 3 is 2.73 bits per heavy atom. The summed E-state index contributed by atoms with van der Waals surface area (Å²) < 4.78 is 13.2. The highest BCUT2D eigenvalue weighted by molar-refractivity contribution is 7.98. The van der Waals surface area contributed by atoms with E-state index in [1.165, 1.54) is 12.1 Å². The van der Waals surface area contributed by atoms with Gasteiger partial charge in [-0.25, -0.2) is 4.39 Å². The molecule has 1 aromatic carbocycles. The van der Waals surface area contributed by atoms with Crippen LogP contribution in [-0.2, 0) is 5.88 Å². The molecule has 0 radical (unpaired) electrons. The summed E-state index contributed by atoms with van der Waals surface area (Å²) in [5.74, 6) is 1.16. The van der Waals surface area contributed by atoms with Crippen molar-refractivity contribution in [1.82, 2.24) is 0 Å². The average Bonchev–Trinajstić information content (AvgIpc) is 2.24. The SMILES string of the molecule is CSCCN(C)c1cc(F)cc(CCl)c1. The molecule has 0 N–H and O–H groups in total. The van der Waals surface area contributed by atoms with Gasteiger partial charge in [0.25, 0.3) is 0 Å². The Morgan fingerprint density at radius 1 is 1.40 bits per heavy atom. The predicted molar refractivity (Wildman–Crippen MR) is 67.6 cm³/mol. The number of benzene rings is 1. The van der Waals surface area contributed by atoms with Crippen LogP contribution in [-0.4, -0.2) is 25.6 Å². The molecular weight excluding hydrogens is 233 g/mol. The number of rotatable bonds is 5. The molecule has 0 saturated carbocycles. The second-order valence-corrected chi connectivity index (χ2v) is 4.62. The first-order valence-electron chi connectivity index (χ1n) is 4.73. The molecule has 4 heteroatoms. The van der Waals surface area contributed by atoms with Crippen LogP contribution in [0.2, 0.25) is 0 Å². The summed E-state index contributed by atoms with van der Waals surface area (Å²) in [7, 11) is 1.96. The first-order chi connectivity index (χ1) is 7.17. The number of thioether (sulfide) groups is 1. The number of hydrogen-bond donors (Lipinski definition) is 0. The summed E-state index contributed by atoms with van der Waals surface area (Å²) in [6, 6.07) is 4.94. The zero-order valence-electron chi connectivity index (χ0n) is 8.96. The van der Waals surface area contributed by atoms with E-state index < -0.39 is 0 Å². The van der Waals surface area contributed by atoms with Crippen LogP contribution in [0.15, 0.2) is 18.2 Å². The highest BCUT2D eigenvalue weighted by atomic mass is 35.5. The maximum atomic E-state index is 13.2. The van der Waals surface area contributed by atoms with E-state index in [9.17, 15) is 4.39 Å². The van der Waals surface area contributed by atoms with Crippen LogP contribution < -0.4 is 4.90 Å². The first-order valence-corrected chi connectivity index (χ1v) is 6.65. The molecule has 1 rings (SSSR count). The Kier molecular flexibility index (Phi) is 5.26. The van der Waals surface area contributed by atoms with Crippen molar-refractivity contribution in [2.45, 2.75) is 5.88 Å². The van der Waals surface area contributed by atoms with Gasteiger partial charge in [-0.15, -0.1) is 11.6 Å². The smallest absolute Gasteiger partial charge is 0.125 e. The second-order valence-electron chi connectivity index (χ2n) is 3.37. The van der Waals surface area contributed by atoms with Crippen molar-refractivity contribution in [2.24, 2.45) is 0 Å². The van der Waals surface area contributed by atoms with Crippen LogP contribution >= 0.6 is 23.4 Å². The fraction of sp³-hybridized carbons (Fsp3) is 0.455. The Balaban J connectivity index is 2.78. The number of halogens is 2.